The first-order chi connectivity index (χ1) is 13.0. The van der Waals surface area contributed by atoms with Crippen molar-refractivity contribution < 1.29 is 9.53 Å². The van der Waals surface area contributed by atoms with Crippen molar-refractivity contribution in [1.29, 1.82) is 0 Å². The van der Waals surface area contributed by atoms with Crippen LogP contribution in [0.3, 0.4) is 0 Å². The van der Waals surface area contributed by atoms with Crippen LogP contribution in [0.15, 0.2) is 54.6 Å². The summed E-state index contributed by atoms with van der Waals surface area (Å²) in [6, 6.07) is 18.0. The zero-order chi connectivity index (χ0) is 19.6. The average Bonchev–Trinajstić information content (AvgIpc) is 2.65. The minimum absolute atomic E-state index is 0.106. The van der Waals surface area contributed by atoms with Gasteiger partial charge in [0.15, 0.2) is 5.11 Å². The van der Waals surface area contributed by atoms with Crippen molar-refractivity contribution in [2.75, 3.05) is 20.3 Å². The number of carbonyl (C=O) groups excluding carboxylic acids is 1. The molecule has 0 atom stereocenters. The molecule has 0 aromatic heterocycles. The number of carbonyl (C=O) groups is 1. The van der Waals surface area contributed by atoms with E-state index < -0.39 is 0 Å². The SMILES string of the molecule is COCCN(Cc1ccccc1C(C)C)C(=S)NC(=O)Cc1ccccc1. The lowest BCUT2D eigenvalue weighted by Gasteiger charge is -2.27. The molecule has 5 heteroatoms. The van der Waals surface area contributed by atoms with Gasteiger partial charge in [0.2, 0.25) is 5.91 Å². The zero-order valence-corrected chi connectivity index (χ0v) is 17.1. The van der Waals surface area contributed by atoms with Gasteiger partial charge in [-0.05, 0) is 34.8 Å². The zero-order valence-electron chi connectivity index (χ0n) is 16.3. The molecule has 0 aliphatic heterocycles. The third kappa shape index (κ3) is 6.77. The Morgan fingerprint density at radius 2 is 1.78 bits per heavy atom. The molecule has 2 aromatic rings. The molecule has 0 aliphatic rings. The van der Waals surface area contributed by atoms with Crippen LogP contribution in [0.25, 0.3) is 0 Å². The van der Waals surface area contributed by atoms with Crippen LogP contribution in [0.4, 0.5) is 0 Å². The number of nitrogens with zero attached hydrogens (tertiary/aromatic N) is 1. The Hall–Kier alpha value is -2.24. The number of nitrogens with one attached hydrogen (secondary N) is 1. The van der Waals surface area contributed by atoms with E-state index in [0.717, 1.165) is 5.56 Å². The third-order valence-electron chi connectivity index (χ3n) is 4.34. The summed E-state index contributed by atoms with van der Waals surface area (Å²) in [7, 11) is 1.66. The van der Waals surface area contributed by atoms with Crippen molar-refractivity contribution in [2.24, 2.45) is 0 Å². The Bertz CT molecular complexity index is 747. The monoisotopic (exact) mass is 384 g/mol. The Morgan fingerprint density at radius 1 is 1.11 bits per heavy atom. The molecule has 0 saturated carbocycles. The molecule has 2 rings (SSSR count). The highest BCUT2D eigenvalue weighted by molar-refractivity contribution is 7.80. The number of methoxy groups -OCH3 is 1. The number of benzene rings is 2. The molecule has 2 aromatic carbocycles. The first-order valence-electron chi connectivity index (χ1n) is 9.20. The summed E-state index contributed by atoms with van der Waals surface area (Å²) in [5, 5.41) is 3.31. The van der Waals surface area contributed by atoms with E-state index in [2.05, 4.69) is 37.4 Å². The van der Waals surface area contributed by atoms with Gasteiger partial charge in [0.1, 0.15) is 0 Å². The normalized spacial score (nSPS) is 10.7. The van der Waals surface area contributed by atoms with Gasteiger partial charge in [-0.1, -0.05) is 68.4 Å². The molecule has 27 heavy (non-hydrogen) atoms. The molecule has 0 bridgehead atoms. The van der Waals surface area contributed by atoms with E-state index in [1.54, 1.807) is 7.11 Å². The van der Waals surface area contributed by atoms with E-state index in [1.165, 1.54) is 11.1 Å². The highest BCUT2D eigenvalue weighted by Gasteiger charge is 2.16. The van der Waals surface area contributed by atoms with Crippen LogP contribution in [-0.2, 0) is 22.5 Å². The van der Waals surface area contributed by atoms with E-state index >= 15 is 0 Å². The van der Waals surface area contributed by atoms with Crippen LogP contribution in [0.2, 0.25) is 0 Å². The van der Waals surface area contributed by atoms with Gasteiger partial charge in [-0.2, -0.15) is 0 Å². The fraction of sp³-hybridized carbons (Fsp3) is 0.364. The fourth-order valence-electron chi connectivity index (χ4n) is 2.92. The molecule has 0 saturated heterocycles. The minimum Gasteiger partial charge on any atom is -0.383 e. The van der Waals surface area contributed by atoms with Gasteiger partial charge in [0.25, 0.3) is 0 Å². The van der Waals surface area contributed by atoms with Crippen LogP contribution >= 0.6 is 12.2 Å². The standard InChI is InChI=1S/C22H28N2O2S/c1-17(2)20-12-8-7-11-19(20)16-24(13-14-26-3)22(27)23-21(25)15-18-9-5-4-6-10-18/h4-12,17H,13-16H2,1-3H3,(H,23,25,27). The van der Waals surface area contributed by atoms with E-state index in [0.29, 0.717) is 37.1 Å². The van der Waals surface area contributed by atoms with Gasteiger partial charge in [-0.3, -0.25) is 4.79 Å². The van der Waals surface area contributed by atoms with Gasteiger partial charge in [0, 0.05) is 20.2 Å². The number of hydrogen-bond donors (Lipinski definition) is 1. The number of rotatable bonds is 8. The number of amides is 1. The Labute approximate surface area is 167 Å². The second-order valence-electron chi connectivity index (χ2n) is 6.78. The lowest BCUT2D eigenvalue weighted by atomic mass is 9.97. The summed E-state index contributed by atoms with van der Waals surface area (Å²) in [4.78, 5) is 14.4. The molecule has 1 N–H and O–H groups in total. The minimum atomic E-state index is -0.106. The number of ether oxygens (including phenoxy) is 1. The van der Waals surface area contributed by atoms with E-state index in [-0.39, 0.29) is 5.91 Å². The number of thiocarbonyl (C=S) groups is 1. The molecule has 0 spiro atoms. The quantitative estimate of drug-likeness (QED) is 0.701. The van der Waals surface area contributed by atoms with E-state index in [4.69, 9.17) is 17.0 Å². The molecule has 4 nitrogen and oxygen atoms in total. The lowest BCUT2D eigenvalue weighted by Crippen LogP contribution is -2.44. The van der Waals surface area contributed by atoms with Gasteiger partial charge in [0.05, 0.1) is 13.0 Å². The Morgan fingerprint density at radius 3 is 2.44 bits per heavy atom. The molecule has 144 valence electrons. The molecule has 0 radical (unpaired) electrons. The second kappa shape index (κ2) is 10.8. The van der Waals surface area contributed by atoms with Crippen molar-refractivity contribution in [3.63, 3.8) is 0 Å². The molecule has 0 heterocycles. The third-order valence-corrected chi connectivity index (χ3v) is 4.70. The molecule has 0 unspecified atom stereocenters. The average molecular weight is 385 g/mol. The first-order valence-corrected chi connectivity index (χ1v) is 9.61. The maximum absolute atomic E-state index is 12.4. The summed E-state index contributed by atoms with van der Waals surface area (Å²) in [5.41, 5.74) is 3.47. The summed E-state index contributed by atoms with van der Waals surface area (Å²) >= 11 is 5.53. The second-order valence-corrected chi connectivity index (χ2v) is 7.17. The van der Waals surface area contributed by atoms with Crippen LogP contribution in [0.5, 0.6) is 0 Å². The van der Waals surface area contributed by atoms with Gasteiger partial charge in [-0.15, -0.1) is 0 Å². The van der Waals surface area contributed by atoms with Crippen LogP contribution < -0.4 is 5.32 Å². The predicted molar refractivity (Wildman–Crippen MR) is 114 cm³/mol. The maximum Gasteiger partial charge on any atom is 0.230 e. The molecule has 0 fully saturated rings. The highest BCUT2D eigenvalue weighted by Crippen LogP contribution is 2.20. The van der Waals surface area contributed by atoms with Crippen molar-refractivity contribution >= 4 is 23.2 Å². The summed E-state index contributed by atoms with van der Waals surface area (Å²) in [6.07, 6.45) is 0.307. The summed E-state index contributed by atoms with van der Waals surface area (Å²) in [6.45, 7) is 6.16. The van der Waals surface area contributed by atoms with Crippen LogP contribution in [-0.4, -0.2) is 36.2 Å². The molecule has 1 amide bonds. The van der Waals surface area contributed by atoms with Crippen molar-refractivity contribution in [1.82, 2.24) is 10.2 Å². The van der Waals surface area contributed by atoms with Gasteiger partial charge < -0.3 is 15.0 Å². The summed E-state index contributed by atoms with van der Waals surface area (Å²) < 4.78 is 5.22. The topological polar surface area (TPSA) is 41.6 Å². The molecular formula is C22H28N2O2S. The Balaban J connectivity index is 2.06. The first kappa shape index (κ1) is 21.1. The smallest absolute Gasteiger partial charge is 0.230 e. The predicted octanol–water partition coefficient (Wildman–Crippen LogP) is 3.90. The van der Waals surface area contributed by atoms with Crippen LogP contribution in [0, 0.1) is 0 Å². The fourth-order valence-corrected chi connectivity index (χ4v) is 3.19. The Kier molecular flexibility index (Phi) is 8.43. The molecular weight excluding hydrogens is 356 g/mol. The van der Waals surface area contributed by atoms with Crippen LogP contribution in [0.1, 0.15) is 36.5 Å². The lowest BCUT2D eigenvalue weighted by molar-refractivity contribution is -0.119. The largest absolute Gasteiger partial charge is 0.383 e. The summed E-state index contributed by atoms with van der Waals surface area (Å²) in [5.74, 6) is 0.317. The maximum atomic E-state index is 12.4. The van der Waals surface area contributed by atoms with Crippen molar-refractivity contribution in [2.45, 2.75) is 32.7 Å². The van der Waals surface area contributed by atoms with Crippen molar-refractivity contribution in [3.8, 4) is 0 Å². The highest BCUT2D eigenvalue weighted by atomic mass is 32.1. The molecule has 0 aliphatic carbocycles. The van der Waals surface area contributed by atoms with Crippen molar-refractivity contribution in [3.05, 3.63) is 71.3 Å². The van der Waals surface area contributed by atoms with Gasteiger partial charge >= 0.3 is 0 Å². The van der Waals surface area contributed by atoms with E-state index in [1.807, 2.05) is 41.3 Å². The number of hydrogen-bond acceptors (Lipinski definition) is 3. The van der Waals surface area contributed by atoms with Gasteiger partial charge in [-0.25, -0.2) is 0 Å². The van der Waals surface area contributed by atoms with E-state index in [9.17, 15) is 4.79 Å².